The zero-order valence-corrected chi connectivity index (χ0v) is 9.11. The second-order valence-electron chi connectivity index (χ2n) is 3.24. The van der Waals surface area contributed by atoms with Crippen molar-refractivity contribution < 1.29 is 0 Å². The fraction of sp³-hybridized carbons (Fsp3) is 1.00. The maximum absolute atomic E-state index is 2.30. The molecule has 0 fully saturated rings. The second-order valence-corrected chi connectivity index (χ2v) is 3.24. The van der Waals surface area contributed by atoms with Gasteiger partial charge in [0, 0.05) is 0 Å². The Hall–Kier alpha value is 0. The molecule has 0 aromatic carbocycles. The zero-order valence-electron chi connectivity index (χ0n) is 9.11. The molecule has 0 amide bonds. The Morgan fingerprint density at radius 1 is 0.909 bits per heavy atom. The predicted octanol–water partition coefficient (Wildman–Crippen LogP) is 4.64. The summed E-state index contributed by atoms with van der Waals surface area (Å²) in [6.45, 7) is 10.9. The van der Waals surface area contributed by atoms with Crippen LogP contribution in [0, 0.1) is 5.92 Å². The predicted molar refractivity (Wildman–Crippen MR) is 54.9 cm³/mol. The molecular weight excluding hydrogens is 132 g/mol. The smallest absolute Gasteiger partial charge is 0.0471 e. The van der Waals surface area contributed by atoms with Gasteiger partial charge in [0.15, 0.2) is 0 Å². The van der Waals surface area contributed by atoms with Crippen LogP contribution in [0.4, 0.5) is 0 Å². The Morgan fingerprint density at radius 2 is 1.45 bits per heavy atom. The molecule has 0 aliphatic carbocycles. The fourth-order valence-electron chi connectivity index (χ4n) is 0.979. The van der Waals surface area contributed by atoms with Crippen molar-refractivity contribution in [1.29, 1.82) is 0 Å². The molecule has 0 heteroatoms. The van der Waals surface area contributed by atoms with E-state index in [0.29, 0.717) is 0 Å². The van der Waals surface area contributed by atoms with Crippen molar-refractivity contribution >= 4 is 0 Å². The Balaban J connectivity index is 0. The summed E-state index contributed by atoms with van der Waals surface area (Å²) in [5.41, 5.74) is 0. The summed E-state index contributed by atoms with van der Waals surface area (Å²) in [5.74, 6) is 0.904. The van der Waals surface area contributed by atoms with Gasteiger partial charge in [-0.1, -0.05) is 66.7 Å². The third-order valence-electron chi connectivity index (χ3n) is 1.64. The summed E-state index contributed by atoms with van der Waals surface area (Å²) in [6, 6.07) is 0. The van der Waals surface area contributed by atoms with Crippen LogP contribution in [-0.4, -0.2) is 0 Å². The largest absolute Gasteiger partial charge is 0.0683 e. The molecule has 0 aromatic rings. The summed E-state index contributed by atoms with van der Waals surface area (Å²) in [6.07, 6.45) is 7.07. The van der Waals surface area contributed by atoms with E-state index < -0.39 is 0 Å². The van der Waals surface area contributed by atoms with Gasteiger partial charge in [-0.3, -0.25) is 0 Å². The minimum absolute atomic E-state index is 0.904. The van der Waals surface area contributed by atoms with Crippen LogP contribution >= 0.6 is 0 Å². The number of unbranched alkanes of at least 4 members (excludes halogenated alkanes) is 3. The summed E-state index contributed by atoms with van der Waals surface area (Å²) in [7, 11) is 0. The standard InChI is InChI=1S/C9H20.C2H6/c1-4-5-6-7-8-9(2)3;1-2/h9H,4-8H2,1-3H3;1-2H3. The minimum Gasteiger partial charge on any atom is -0.0683 e. The highest BCUT2D eigenvalue weighted by molar-refractivity contribution is 4.45. The van der Waals surface area contributed by atoms with Crippen molar-refractivity contribution in [3.63, 3.8) is 0 Å². The average molecular weight is 158 g/mol. The van der Waals surface area contributed by atoms with E-state index in [2.05, 4.69) is 20.8 Å². The third kappa shape index (κ3) is 17.8. The molecule has 0 rings (SSSR count). The third-order valence-corrected chi connectivity index (χ3v) is 1.64. The van der Waals surface area contributed by atoms with Gasteiger partial charge in [-0.25, -0.2) is 0 Å². The van der Waals surface area contributed by atoms with E-state index in [1.807, 2.05) is 13.8 Å². The normalized spacial score (nSPS) is 9.27. The van der Waals surface area contributed by atoms with Gasteiger partial charge in [0.05, 0.1) is 0 Å². The molecule has 0 aliphatic rings. The molecule has 0 saturated carbocycles. The maximum atomic E-state index is 2.30. The summed E-state index contributed by atoms with van der Waals surface area (Å²) in [4.78, 5) is 0. The molecule has 0 nitrogen and oxygen atoms in total. The van der Waals surface area contributed by atoms with Gasteiger partial charge in [0.25, 0.3) is 0 Å². The molecule has 0 atom stereocenters. The lowest BCUT2D eigenvalue weighted by molar-refractivity contribution is 0.525. The van der Waals surface area contributed by atoms with Gasteiger partial charge in [0.1, 0.15) is 0 Å². The first-order valence-electron chi connectivity index (χ1n) is 5.27. The highest BCUT2D eigenvalue weighted by Gasteiger charge is 1.91. The van der Waals surface area contributed by atoms with Gasteiger partial charge in [-0.05, 0) is 5.92 Å². The SMILES string of the molecule is CC.CCCCCCC(C)C. The summed E-state index contributed by atoms with van der Waals surface area (Å²) in [5, 5.41) is 0. The molecule has 0 radical (unpaired) electrons. The van der Waals surface area contributed by atoms with Gasteiger partial charge >= 0.3 is 0 Å². The van der Waals surface area contributed by atoms with Gasteiger partial charge in [-0.15, -0.1) is 0 Å². The average Bonchev–Trinajstić information content (AvgIpc) is 2.02. The van der Waals surface area contributed by atoms with Crippen LogP contribution in [0.5, 0.6) is 0 Å². The Bertz CT molecular complexity index is 46.0. The molecule has 0 spiro atoms. The van der Waals surface area contributed by atoms with Crippen LogP contribution in [-0.2, 0) is 0 Å². The van der Waals surface area contributed by atoms with Gasteiger partial charge in [0.2, 0.25) is 0 Å². The lowest BCUT2D eigenvalue weighted by Gasteiger charge is -2.01. The van der Waals surface area contributed by atoms with Crippen LogP contribution in [0.1, 0.15) is 66.7 Å². The van der Waals surface area contributed by atoms with Crippen molar-refractivity contribution in [2.75, 3.05) is 0 Å². The van der Waals surface area contributed by atoms with Crippen molar-refractivity contribution in [3.8, 4) is 0 Å². The monoisotopic (exact) mass is 158 g/mol. The van der Waals surface area contributed by atoms with Crippen molar-refractivity contribution in [2.24, 2.45) is 5.92 Å². The Kier molecular flexibility index (Phi) is 15.6. The van der Waals surface area contributed by atoms with E-state index >= 15 is 0 Å². The molecule has 0 aliphatic heterocycles. The van der Waals surface area contributed by atoms with Crippen molar-refractivity contribution in [1.82, 2.24) is 0 Å². The Labute approximate surface area is 73.4 Å². The van der Waals surface area contributed by atoms with Crippen molar-refractivity contribution in [2.45, 2.75) is 66.7 Å². The molecule has 0 heterocycles. The number of hydrogen-bond acceptors (Lipinski definition) is 0. The van der Waals surface area contributed by atoms with E-state index in [9.17, 15) is 0 Å². The fourth-order valence-corrected chi connectivity index (χ4v) is 0.979. The lowest BCUT2D eigenvalue weighted by atomic mass is 10.1. The van der Waals surface area contributed by atoms with E-state index in [0.717, 1.165) is 5.92 Å². The summed E-state index contributed by atoms with van der Waals surface area (Å²) < 4.78 is 0. The molecule has 0 bridgehead atoms. The highest BCUT2D eigenvalue weighted by atomic mass is 14.0. The van der Waals surface area contributed by atoms with Crippen LogP contribution < -0.4 is 0 Å². The first kappa shape index (κ1) is 13.6. The first-order chi connectivity index (χ1) is 5.27. The van der Waals surface area contributed by atoms with Crippen LogP contribution in [0.15, 0.2) is 0 Å². The molecule has 11 heavy (non-hydrogen) atoms. The van der Waals surface area contributed by atoms with E-state index in [1.165, 1.54) is 32.1 Å². The number of hydrogen-bond donors (Lipinski definition) is 0. The van der Waals surface area contributed by atoms with Crippen molar-refractivity contribution in [3.05, 3.63) is 0 Å². The zero-order chi connectivity index (χ0) is 9.11. The topological polar surface area (TPSA) is 0 Å². The molecule has 0 saturated heterocycles. The highest BCUT2D eigenvalue weighted by Crippen LogP contribution is 2.08. The molecule has 0 aromatic heterocycles. The molecule has 0 unspecified atom stereocenters. The van der Waals surface area contributed by atoms with E-state index in [-0.39, 0.29) is 0 Å². The van der Waals surface area contributed by atoms with Crippen LogP contribution in [0.3, 0.4) is 0 Å². The molecule has 70 valence electrons. The van der Waals surface area contributed by atoms with E-state index in [4.69, 9.17) is 0 Å². The maximum Gasteiger partial charge on any atom is -0.0471 e. The number of rotatable bonds is 5. The summed E-state index contributed by atoms with van der Waals surface area (Å²) >= 11 is 0. The first-order valence-corrected chi connectivity index (χ1v) is 5.27. The molecule has 0 N–H and O–H groups in total. The second kappa shape index (κ2) is 12.7. The Morgan fingerprint density at radius 3 is 1.82 bits per heavy atom. The van der Waals surface area contributed by atoms with Gasteiger partial charge in [-0.2, -0.15) is 0 Å². The lowest BCUT2D eigenvalue weighted by Crippen LogP contribution is -1.86. The van der Waals surface area contributed by atoms with E-state index in [1.54, 1.807) is 0 Å². The minimum atomic E-state index is 0.904. The van der Waals surface area contributed by atoms with Crippen LogP contribution in [0.25, 0.3) is 0 Å². The molecular formula is C11H26. The quantitative estimate of drug-likeness (QED) is 0.511. The van der Waals surface area contributed by atoms with Crippen LogP contribution in [0.2, 0.25) is 0 Å². The van der Waals surface area contributed by atoms with Gasteiger partial charge < -0.3 is 0 Å².